The topological polar surface area (TPSA) is 36.7 Å². The Labute approximate surface area is 84.1 Å². The molecule has 0 bridgehead atoms. The van der Waals surface area contributed by atoms with Crippen LogP contribution in [0.5, 0.6) is 0 Å². The van der Waals surface area contributed by atoms with Crippen molar-refractivity contribution in [3.05, 3.63) is 29.3 Å². The molecule has 0 saturated carbocycles. The van der Waals surface area contributed by atoms with Crippen molar-refractivity contribution in [1.82, 2.24) is 4.98 Å². The summed E-state index contributed by atoms with van der Waals surface area (Å²) >= 11 is 1.59. The molecule has 2 rings (SSSR count). The van der Waals surface area contributed by atoms with Gasteiger partial charge in [-0.05, 0) is 12.1 Å². The van der Waals surface area contributed by atoms with Crippen LogP contribution in [-0.2, 0) is 6.42 Å². The number of rotatable bonds is 1. The fraction of sp³-hybridized carbons (Fsp3) is 0.111. The van der Waals surface area contributed by atoms with Crippen molar-refractivity contribution in [1.29, 1.82) is 5.26 Å². The second kappa shape index (κ2) is 4.13. The molecule has 0 N–H and O–H groups in total. The summed E-state index contributed by atoms with van der Waals surface area (Å²) < 4.78 is 1.16. The molecule has 0 aliphatic rings. The summed E-state index contributed by atoms with van der Waals surface area (Å²) in [5.41, 5.74) is 0.993. The maximum absolute atomic E-state index is 8.46. The molecule has 1 heterocycles. The third kappa shape index (κ3) is 1.92. The van der Waals surface area contributed by atoms with E-state index in [1.807, 2.05) is 24.3 Å². The number of thiazole rings is 1. The van der Waals surface area contributed by atoms with Crippen molar-refractivity contribution >= 4 is 31.7 Å². The van der Waals surface area contributed by atoms with E-state index in [0.29, 0.717) is 6.42 Å². The normalized spacial score (nSPS) is 9.15. The number of hydrogen-bond donors (Lipinski definition) is 0. The standard InChI is InChI=1S/C9H6N2S.Be.2H/c10-6-5-9-11-7-3-1-2-4-8(7)12-9;;;/h1-4H,5H2;;;. The minimum absolute atomic E-state index is 0. The van der Waals surface area contributed by atoms with Crippen LogP contribution in [-0.4, -0.2) is 15.1 Å². The van der Waals surface area contributed by atoms with Crippen LogP contribution in [0.15, 0.2) is 24.3 Å². The molecule has 1 aromatic carbocycles. The first kappa shape index (κ1) is 9.85. The summed E-state index contributed by atoms with van der Waals surface area (Å²) in [6, 6.07) is 10.0. The van der Waals surface area contributed by atoms with Gasteiger partial charge in [-0.15, -0.1) is 11.3 Å². The molecular formula is C9H8BeN2S. The van der Waals surface area contributed by atoms with Gasteiger partial charge >= 0.3 is 10.1 Å². The third-order valence-corrected chi connectivity index (χ3v) is 2.60. The van der Waals surface area contributed by atoms with Gasteiger partial charge in [-0.25, -0.2) is 4.98 Å². The molecule has 4 heteroatoms. The Hall–Kier alpha value is -1.23. The van der Waals surface area contributed by atoms with Crippen molar-refractivity contribution in [2.24, 2.45) is 0 Å². The molecule has 2 aromatic rings. The van der Waals surface area contributed by atoms with Crippen LogP contribution < -0.4 is 0 Å². The van der Waals surface area contributed by atoms with Crippen LogP contribution >= 0.6 is 11.3 Å². The van der Waals surface area contributed by atoms with Gasteiger partial charge in [0.25, 0.3) is 0 Å². The fourth-order valence-electron chi connectivity index (χ4n) is 1.06. The van der Waals surface area contributed by atoms with Gasteiger partial charge in [0.2, 0.25) is 0 Å². The second-order valence-electron chi connectivity index (χ2n) is 2.41. The van der Waals surface area contributed by atoms with Crippen LogP contribution in [0.3, 0.4) is 0 Å². The van der Waals surface area contributed by atoms with Gasteiger partial charge in [-0.2, -0.15) is 5.26 Å². The summed E-state index contributed by atoms with van der Waals surface area (Å²) in [5.74, 6) is 0. The molecule has 0 radical (unpaired) electrons. The molecule has 0 fully saturated rings. The zero-order chi connectivity index (χ0) is 8.39. The summed E-state index contributed by atoms with van der Waals surface area (Å²) in [7, 11) is 0. The van der Waals surface area contributed by atoms with E-state index in [9.17, 15) is 0 Å². The molecule has 13 heavy (non-hydrogen) atoms. The van der Waals surface area contributed by atoms with E-state index in [1.165, 1.54) is 0 Å². The molecule has 62 valence electrons. The van der Waals surface area contributed by atoms with Gasteiger partial charge in [0.05, 0.1) is 22.7 Å². The number of fused-ring (bicyclic) bond motifs is 1. The van der Waals surface area contributed by atoms with E-state index in [-0.39, 0.29) is 10.1 Å². The minimum atomic E-state index is 0. The predicted molar refractivity (Wildman–Crippen MR) is 57.5 cm³/mol. The van der Waals surface area contributed by atoms with Gasteiger partial charge < -0.3 is 0 Å². The Bertz CT molecular complexity index is 411. The number of para-hydroxylation sites is 1. The first-order valence-corrected chi connectivity index (χ1v) is 4.43. The molecule has 1 aromatic heterocycles. The summed E-state index contributed by atoms with van der Waals surface area (Å²) in [4.78, 5) is 4.30. The Balaban J connectivity index is 0.000000845. The molecule has 0 unspecified atom stereocenters. The first-order valence-electron chi connectivity index (χ1n) is 3.61. The monoisotopic (exact) mass is 185 g/mol. The van der Waals surface area contributed by atoms with E-state index in [0.717, 1.165) is 15.2 Å². The van der Waals surface area contributed by atoms with Crippen molar-refractivity contribution in [3.8, 4) is 6.07 Å². The fourth-order valence-corrected chi connectivity index (χ4v) is 1.96. The average molecular weight is 185 g/mol. The van der Waals surface area contributed by atoms with Crippen LogP contribution in [0.25, 0.3) is 10.2 Å². The number of benzene rings is 1. The maximum atomic E-state index is 8.46. The first-order chi connectivity index (χ1) is 5.90. The van der Waals surface area contributed by atoms with E-state index in [2.05, 4.69) is 11.1 Å². The van der Waals surface area contributed by atoms with E-state index >= 15 is 0 Å². The number of aromatic nitrogens is 1. The molecule has 2 nitrogen and oxygen atoms in total. The molecule has 0 aliphatic heterocycles. The SMILES string of the molecule is N#CCc1nc2ccccc2s1.[BeH2]. The van der Waals surface area contributed by atoms with Gasteiger partial charge in [0, 0.05) is 0 Å². The van der Waals surface area contributed by atoms with Crippen LogP contribution in [0.2, 0.25) is 0 Å². The second-order valence-corrected chi connectivity index (χ2v) is 3.53. The Kier molecular flexibility index (Phi) is 3.13. The molecule has 0 aliphatic carbocycles. The van der Waals surface area contributed by atoms with Crippen LogP contribution in [0.4, 0.5) is 0 Å². The van der Waals surface area contributed by atoms with Crippen LogP contribution in [0.1, 0.15) is 5.01 Å². The van der Waals surface area contributed by atoms with Gasteiger partial charge in [-0.1, -0.05) is 12.1 Å². The number of nitriles is 1. The van der Waals surface area contributed by atoms with Gasteiger partial charge in [-0.3, -0.25) is 0 Å². The number of hydrogen-bond acceptors (Lipinski definition) is 3. The van der Waals surface area contributed by atoms with Crippen molar-refractivity contribution in [2.75, 3.05) is 0 Å². The van der Waals surface area contributed by atoms with E-state index < -0.39 is 0 Å². The van der Waals surface area contributed by atoms with Gasteiger partial charge in [0.1, 0.15) is 5.01 Å². The Morgan fingerprint density at radius 3 is 2.85 bits per heavy atom. The molecular weight excluding hydrogens is 177 g/mol. The molecule has 0 spiro atoms. The predicted octanol–water partition coefficient (Wildman–Crippen LogP) is 1.45. The van der Waals surface area contributed by atoms with Crippen molar-refractivity contribution < 1.29 is 0 Å². The zero-order valence-corrected chi connectivity index (χ0v) is 7.14. The summed E-state index contributed by atoms with van der Waals surface area (Å²) in [6.45, 7) is 0. The number of nitrogens with zero attached hydrogens (tertiary/aromatic N) is 2. The summed E-state index contributed by atoms with van der Waals surface area (Å²) in [6.07, 6.45) is 0.416. The van der Waals surface area contributed by atoms with Crippen LogP contribution in [0, 0.1) is 11.3 Å². The molecule has 0 amide bonds. The quantitative estimate of drug-likeness (QED) is 0.630. The Morgan fingerprint density at radius 1 is 1.38 bits per heavy atom. The molecule has 0 saturated heterocycles. The summed E-state index contributed by atoms with van der Waals surface area (Å²) in [5, 5.41) is 9.36. The van der Waals surface area contributed by atoms with Crippen molar-refractivity contribution in [2.45, 2.75) is 6.42 Å². The zero-order valence-electron chi connectivity index (χ0n) is 6.32. The Morgan fingerprint density at radius 2 is 2.15 bits per heavy atom. The van der Waals surface area contributed by atoms with Gasteiger partial charge in [0.15, 0.2) is 0 Å². The molecule has 0 atom stereocenters. The van der Waals surface area contributed by atoms with E-state index in [1.54, 1.807) is 11.3 Å². The van der Waals surface area contributed by atoms with Crippen molar-refractivity contribution in [3.63, 3.8) is 0 Å². The average Bonchev–Trinajstić information content (AvgIpc) is 2.47. The third-order valence-electron chi connectivity index (χ3n) is 1.57. The van der Waals surface area contributed by atoms with E-state index in [4.69, 9.17) is 5.26 Å².